The molecule has 1 saturated heterocycles. The van der Waals surface area contributed by atoms with E-state index in [-0.39, 0.29) is 0 Å². The van der Waals surface area contributed by atoms with Crippen molar-refractivity contribution in [1.82, 2.24) is 25.1 Å². The van der Waals surface area contributed by atoms with Crippen LogP contribution in [0.25, 0.3) is 44.6 Å². The first-order chi connectivity index (χ1) is 16.2. The lowest BCUT2D eigenvalue weighted by atomic mass is 10.1. The lowest BCUT2D eigenvalue weighted by Gasteiger charge is -2.29. The Morgan fingerprint density at radius 2 is 1.82 bits per heavy atom. The quantitative estimate of drug-likeness (QED) is 0.403. The molecule has 2 N–H and O–H groups in total. The van der Waals surface area contributed by atoms with Gasteiger partial charge in [0.15, 0.2) is 0 Å². The summed E-state index contributed by atoms with van der Waals surface area (Å²) in [6.07, 6.45) is 7.55. The summed E-state index contributed by atoms with van der Waals surface area (Å²) >= 11 is 0. The lowest BCUT2D eigenvalue weighted by Crippen LogP contribution is -2.29. The Morgan fingerprint density at radius 3 is 2.67 bits per heavy atom. The lowest BCUT2D eigenvalue weighted by molar-refractivity contribution is 0.579. The number of aromatic amines is 2. The molecule has 5 aromatic rings. The maximum Gasteiger partial charge on any atom is 0.135 e. The fourth-order valence-electron chi connectivity index (χ4n) is 4.74. The predicted molar refractivity (Wildman–Crippen MR) is 135 cm³/mol. The van der Waals surface area contributed by atoms with Crippen molar-refractivity contribution in [2.45, 2.75) is 19.3 Å². The number of piperidine rings is 1. The van der Waals surface area contributed by atoms with Gasteiger partial charge in [0.2, 0.25) is 0 Å². The highest BCUT2D eigenvalue weighted by Crippen LogP contribution is 2.34. The Balaban J connectivity index is 1.44. The second-order valence-corrected chi connectivity index (χ2v) is 8.96. The van der Waals surface area contributed by atoms with Gasteiger partial charge < -0.3 is 14.8 Å². The van der Waals surface area contributed by atoms with Crippen LogP contribution in [-0.2, 0) is 0 Å². The molecule has 1 aromatic carbocycles. The van der Waals surface area contributed by atoms with Gasteiger partial charge in [0.25, 0.3) is 0 Å². The van der Waals surface area contributed by atoms with Crippen LogP contribution < -0.4 is 9.80 Å². The summed E-state index contributed by atoms with van der Waals surface area (Å²) in [5.74, 6) is 0. The van der Waals surface area contributed by atoms with Crippen LogP contribution in [0.15, 0.2) is 54.9 Å². The molecular formula is C26H27N7. The van der Waals surface area contributed by atoms with E-state index in [4.69, 9.17) is 4.98 Å². The minimum atomic E-state index is 0.837. The molecule has 7 nitrogen and oxygen atoms in total. The van der Waals surface area contributed by atoms with Crippen molar-refractivity contribution < 1.29 is 0 Å². The van der Waals surface area contributed by atoms with Crippen molar-refractivity contribution in [3.63, 3.8) is 0 Å². The number of H-pyrrole nitrogens is 2. The van der Waals surface area contributed by atoms with Gasteiger partial charge >= 0.3 is 0 Å². The average Bonchev–Trinajstić information content (AvgIpc) is 3.48. The highest BCUT2D eigenvalue weighted by atomic mass is 15.1. The largest absolute Gasteiger partial charge is 0.376 e. The average molecular weight is 438 g/mol. The summed E-state index contributed by atoms with van der Waals surface area (Å²) in [4.78, 5) is 17.5. The van der Waals surface area contributed by atoms with E-state index in [1.165, 1.54) is 30.3 Å². The van der Waals surface area contributed by atoms with Crippen LogP contribution in [0.1, 0.15) is 19.3 Å². The SMILES string of the molecule is CN(C)c1cncc(-c2ccc3[nH]nc(-c4cc5c(N6CCCCC6)cccc5[nH]4)c3n2)c1. The van der Waals surface area contributed by atoms with Crippen molar-refractivity contribution in [2.75, 3.05) is 37.0 Å². The number of aromatic nitrogens is 5. The Labute approximate surface area is 192 Å². The van der Waals surface area contributed by atoms with Crippen LogP contribution in [-0.4, -0.2) is 52.3 Å². The molecule has 0 amide bonds. The first-order valence-electron chi connectivity index (χ1n) is 11.5. The third kappa shape index (κ3) is 3.50. The molecule has 6 rings (SSSR count). The van der Waals surface area contributed by atoms with E-state index in [0.29, 0.717) is 0 Å². The van der Waals surface area contributed by atoms with E-state index in [1.54, 1.807) is 0 Å². The molecule has 7 heteroatoms. The maximum atomic E-state index is 4.98. The topological polar surface area (TPSA) is 76.7 Å². The molecule has 0 spiro atoms. The molecule has 0 bridgehead atoms. The first kappa shape index (κ1) is 19.8. The highest BCUT2D eigenvalue weighted by Gasteiger charge is 2.18. The number of hydrogen-bond donors (Lipinski definition) is 2. The fourth-order valence-corrected chi connectivity index (χ4v) is 4.74. The number of nitrogens with one attached hydrogen (secondary N) is 2. The summed E-state index contributed by atoms with van der Waals surface area (Å²) in [6, 6.07) is 14.9. The third-order valence-corrected chi connectivity index (χ3v) is 6.54. The van der Waals surface area contributed by atoms with Gasteiger partial charge in [0, 0.05) is 55.5 Å². The molecule has 0 aliphatic carbocycles. The first-order valence-corrected chi connectivity index (χ1v) is 11.5. The molecule has 1 aliphatic rings. The van der Waals surface area contributed by atoms with Gasteiger partial charge in [0.1, 0.15) is 11.2 Å². The molecule has 5 heterocycles. The van der Waals surface area contributed by atoms with Crippen molar-refractivity contribution in [3.8, 4) is 22.6 Å². The zero-order chi connectivity index (χ0) is 22.4. The smallest absolute Gasteiger partial charge is 0.135 e. The van der Waals surface area contributed by atoms with Crippen LogP contribution in [0.3, 0.4) is 0 Å². The molecular weight excluding hydrogens is 410 g/mol. The van der Waals surface area contributed by atoms with Gasteiger partial charge in [-0.1, -0.05) is 6.07 Å². The summed E-state index contributed by atoms with van der Waals surface area (Å²) in [7, 11) is 4.03. The summed E-state index contributed by atoms with van der Waals surface area (Å²) in [6.45, 7) is 2.24. The van der Waals surface area contributed by atoms with E-state index < -0.39 is 0 Å². The van der Waals surface area contributed by atoms with Crippen LogP contribution in [0.5, 0.6) is 0 Å². The molecule has 4 aromatic heterocycles. The molecule has 0 radical (unpaired) electrons. The number of anilines is 2. The van der Waals surface area contributed by atoms with Crippen molar-refractivity contribution in [2.24, 2.45) is 0 Å². The van der Waals surface area contributed by atoms with Gasteiger partial charge in [0.05, 0.1) is 28.8 Å². The predicted octanol–water partition coefficient (Wildman–Crippen LogP) is 5.22. The number of pyridine rings is 2. The van der Waals surface area contributed by atoms with E-state index >= 15 is 0 Å². The van der Waals surface area contributed by atoms with E-state index in [9.17, 15) is 0 Å². The van der Waals surface area contributed by atoms with E-state index in [2.05, 4.69) is 55.4 Å². The second kappa shape index (κ2) is 7.92. The molecule has 0 unspecified atom stereocenters. The standard InChI is InChI=1S/C26H27N7/c1-32(2)18-13-17(15-27-16-18)20-9-10-22-25(29-20)26(31-30-22)23-14-19-21(28-23)7-6-8-24(19)33-11-4-3-5-12-33/h6-10,13-16,28H,3-5,11-12H2,1-2H3,(H,30,31). The van der Waals surface area contributed by atoms with Crippen LogP contribution in [0.2, 0.25) is 0 Å². The van der Waals surface area contributed by atoms with Crippen molar-refractivity contribution in [3.05, 3.63) is 54.9 Å². The van der Waals surface area contributed by atoms with Gasteiger partial charge in [-0.05, 0) is 55.7 Å². The molecule has 0 saturated carbocycles. The number of rotatable bonds is 4. The van der Waals surface area contributed by atoms with Crippen LogP contribution in [0, 0.1) is 0 Å². The molecule has 1 fully saturated rings. The van der Waals surface area contributed by atoms with E-state index in [0.717, 1.165) is 58.0 Å². The summed E-state index contributed by atoms with van der Waals surface area (Å²) in [5.41, 5.74) is 8.93. The third-order valence-electron chi connectivity index (χ3n) is 6.54. The number of nitrogens with zero attached hydrogens (tertiary/aromatic N) is 5. The number of hydrogen-bond acceptors (Lipinski definition) is 5. The Bertz CT molecular complexity index is 1440. The fraction of sp³-hybridized carbons (Fsp3) is 0.269. The Morgan fingerprint density at radius 1 is 0.939 bits per heavy atom. The zero-order valence-electron chi connectivity index (χ0n) is 19.0. The summed E-state index contributed by atoms with van der Waals surface area (Å²) < 4.78 is 0. The monoisotopic (exact) mass is 437 g/mol. The Kier molecular flexibility index (Phi) is 4.75. The van der Waals surface area contributed by atoms with Crippen LogP contribution in [0.4, 0.5) is 11.4 Å². The minimum Gasteiger partial charge on any atom is -0.376 e. The van der Waals surface area contributed by atoms with Gasteiger partial charge in [-0.25, -0.2) is 4.98 Å². The molecule has 33 heavy (non-hydrogen) atoms. The molecule has 0 atom stereocenters. The van der Waals surface area contributed by atoms with Crippen molar-refractivity contribution >= 4 is 33.3 Å². The van der Waals surface area contributed by atoms with Gasteiger partial charge in [-0.2, -0.15) is 5.10 Å². The maximum absolute atomic E-state index is 4.98. The van der Waals surface area contributed by atoms with Gasteiger partial charge in [-0.15, -0.1) is 0 Å². The molecule has 166 valence electrons. The summed E-state index contributed by atoms with van der Waals surface area (Å²) in [5, 5.41) is 9.02. The number of fused-ring (bicyclic) bond motifs is 2. The second-order valence-electron chi connectivity index (χ2n) is 8.96. The van der Waals surface area contributed by atoms with Gasteiger partial charge in [-0.3, -0.25) is 10.1 Å². The Hall–Kier alpha value is -3.87. The zero-order valence-corrected chi connectivity index (χ0v) is 19.0. The number of benzene rings is 1. The molecule has 1 aliphatic heterocycles. The van der Waals surface area contributed by atoms with Crippen molar-refractivity contribution in [1.29, 1.82) is 0 Å². The van der Waals surface area contributed by atoms with E-state index in [1.807, 2.05) is 43.5 Å². The van der Waals surface area contributed by atoms with Crippen LogP contribution >= 0.6 is 0 Å². The highest BCUT2D eigenvalue weighted by molar-refractivity contribution is 5.99. The minimum absolute atomic E-state index is 0.837. The normalized spacial score (nSPS) is 14.3.